The molecule has 0 amide bonds. The standard InChI is InChI=1S/C31H46O10/c1-17-24(34)25(37-3)26(38-4)27(40-17)41-19-5-10-29(16-32)21-6-9-28(2)20(18-13-23(33)39-15-18)8-12-31(28,36)22(21)7-11-30(29,35)14-19/h13,16-17,19-22,24-27,34-36H,5-12,14-15H2,1-4H3/t17-,19?,20-,21+,22-,24-,25+,26-,27+,28-,29+,30?,31+/m1/s1. The molecule has 2 unspecified atom stereocenters. The Hall–Kier alpha value is -1.40. The summed E-state index contributed by atoms with van der Waals surface area (Å²) in [5, 5.41) is 35.2. The van der Waals surface area contributed by atoms with Crippen molar-refractivity contribution < 1.29 is 48.6 Å². The summed E-state index contributed by atoms with van der Waals surface area (Å²) in [4.78, 5) is 24.9. The van der Waals surface area contributed by atoms with E-state index in [1.807, 2.05) is 0 Å². The molecular weight excluding hydrogens is 532 g/mol. The van der Waals surface area contributed by atoms with Crippen molar-refractivity contribution in [3.8, 4) is 0 Å². The predicted octanol–water partition coefficient (Wildman–Crippen LogP) is 2.06. The molecule has 0 radical (unpaired) electrons. The second kappa shape index (κ2) is 10.4. The second-order valence-electron chi connectivity index (χ2n) is 13.8. The van der Waals surface area contributed by atoms with Crippen LogP contribution in [0.3, 0.4) is 0 Å². The summed E-state index contributed by atoms with van der Waals surface area (Å²) in [5.74, 6) is -0.499. The SMILES string of the molecule is CO[C@H]1[C@H](OC2CC[C@]3(C=O)[C@H]4CC[C@]5(C)[C@@H](C6=CC(=O)OC6)CC[C@]5(O)[C@@H]4CCC3(O)C2)O[C@H](C)[C@@H](O)[C@@H]1OC. The van der Waals surface area contributed by atoms with Crippen molar-refractivity contribution in [2.45, 2.75) is 120 Å². The maximum absolute atomic E-state index is 13.1. The van der Waals surface area contributed by atoms with Crippen LogP contribution in [0.15, 0.2) is 11.6 Å². The zero-order chi connectivity index (χ0) is 29.4. The number of methoxy groups -OCH3 is 2. The van der Waals surface area contributed by atoms with Crippen molar-refractivity contribution >= 4 is 12.3 Å². The molecule has 6 rings (SSSR count). The first-order valence-corrected chi connectivity index (χ1v) is 15.3. The molecule has 10 heteroatoms. The van der Waals surface area contributed by atoms with Gasteiger partial charge in [0.25, 0.3) is 0 Å². The highest BCUT2D eigenvalue weighted by atomic mass is 16.7. The Morgan fingerprint density at radius 1 is 1.00 bits per heavy atom. The minimum atomic E-state index is -1.27. The summed E-state index contributed by atoms with van der Waals surface area (Å²) >= 11 is 0. The molecule has 0 spiro atoms. The van der Waals surface area contributed by atoms with Gasteiger partial charge in [-0.3, -0.25) is 0 Å². The number of esters is 1. The van der Waals surface area contributed by atoms with Gasteiger partial charge in [0.1, 0.15) is 31.2 Å². The molecular formula is C31H46O10. The summed E-state index contributed by atoms with van der Waals surface area (Å²) in [6, 6.07) is 0. The first kappa shape index (κ1) is 29.7. The third-order valence-electron chi connectivity index (χ3n) is 12.5. The number of rotatable bonds is 6. The summed E-state index contributed by atoms with van der Waals surface area (Å²) in [7, 11) is 3.04. The Bertz CT molecular complexity index is 1080. The van der Waals surface area contributed by atoms with Crippen LogP contribution >= 0.6 is 0 Å². The zero-order valence-electron chi connectivity index (χ0n) is 24.6. The van der Waals surface area contributed by atoms with Gasteiger partial charge < -0.3 is 43.8 Å². The molecule has 0 aromatic carbocycles. The Morgan fingerprint density at radius 2 is 1.73 bits per heavy atom. The molecule has 6 aliphatic rings. The number of aliphatic hydroxyl groups excluding tert-OH is 1. The van der Waals surface area contributed by atoms with Gasteiger partial charge in [-0.2, -0.15) is 0 Å². The highest BCUT2D eigenvalue weighted by molar-refractivity contribution is 5.85. The fourth-order valence-corrected chi connectivity index (χ4v) is 10.2. The Morgan fingerprint density at radius 3 is 2.39 bits per heavy atom. The number of aldehydes is 1. The molecule has 4 saturated carbocycles. The maximum atomic E-state index is 13.1. The minimum Gasteiger partial charge on any atom is -0.458 e. The molecule has 2 aliphatic heterocycles. The Kier molecular flexibility index (Phi) is 7.49. The number of hydrogen-bond donors (Lipinski definition) is 3. The van der Waals surface area contributed by atoms with Crippen LogP contribution in [0.25, 0.3) is 0 Å². The highest BCUT2D eigenvalue weighted by Crippen LogP contribution is 2.70. The number of fused-ring (bicyclic) bond motifs is 5. The molecule has 1 saturated heterocycles. The largest absolute Gasteiger partial charge is 0.458 e. The smallest absolute Gasteiger partial charge is 0.331 e. The molecule has 10 nitrogen and oxygen atoms in total. The van der Waals surface area contributed by atoms with Crippen molar-refractivity contribution in [1.82, 2.24) is 0 Å². The van der Waals surface area contributed by atoms with Gasteiger partial charge in [0.2, 0.25) is 0 Å². The van der Waals surface area contributed by atoms with Crippen LogP contribution in [0, 0.1) is 28.6 Å². The summed E-state index contributed by atoms with van der Waals surface area (Å²) < 4.78 is 28.7. The molecule has 3 N–H and O–H groups in total. The van der Waals surface area contributed by atoms with E-state index in [1.54, 1.807) is 13.0 Å². The Labute approximate surface area is 241 Å². The van der Waals surface area contributed by atoms with E-state index in [0.717, 1.165) is 31.1 Å². The molecule has 0 aromatic heterocycles. The van der Waals surface area contributed by atoms with Gasteiger partial charge >= 0.3 is 5.97 Å². The lowest BCUT2D eigenvalue weighted by Gasteiger charge is -2.65. The number of hydrogen-bond acceptors (Lipinski definition) is 10. The zero-order valence-corrected chi connectivity index (χ0v) is 24.6. The van der Waals surface area contributed by atoms with Crippen molar-refractivity contribution in [3.63, 3.8) is 0 Å². The molecule has 0 aromatic rings. The lowest BCUT2D eigenvalue weighted by molar-refractivity contribution is -0.323. The van der Waals surface area contributed by atoms with Gasteiger partial charge in [-0.1, -0.05) is 6.92 Å². The van der Waals surface area contributed by atoms with E-state index in [0.29, 0.717) is 38.7 Å². The fourth-order valence-electron chi connectivity index (χ4n) is 10.2. The lowest BCUT2D eigenvalue weighted by Crippen LogP contribution is -2.69. The summed E-state index contributed by atoms with van der Waals surface area (Å²) in [6.45, 7) is 4.20. The van der Waals surface area contributed by atoms with Crippen molar-refractivity contribution in [1.29, 1.82) is 0 Å². The molecule has 13 atom stereocenters. The third-order valence-corrected chi connectivity index (χ3v) is 12.5. The topological polar surface area (TPSA) is 141 Å². The molecule has 0 bridgehead atoms. The van der Waals surface area contributed by atoms with Crippen molar-refractivity contribution in [2.75, 3.05) is 20.8 Å². The van der Waals surface area contributed by atoms with Gasteiger partial charge in [0, 0.05) is 32.1 Å². The van der Waals surface area contributed by atoms with Crippen LogP contribution in [-0.4, -0.2) is 96.4 Å². The van der Waals surface area contributed by atoms with Gasteiger partial charge in [-0.05, 0) is 81.6 Å². The van der Waals surface area contributed by atoms with Gasteiger partial charge in [-0.15, -0.1) is 0 Å². The molecule has 41 heavy (non-hydrogen) atoms. The average molecular weight is 579 g/mol. The van der Waals surface area contributed by atoms with Crippen LogP contribution < -0.4 is 0 Å². The Balaban J connectivity index is 1.22. The summed E-state index contributed by atoms with van der Waals surface area (Å²) in [6.07, 6.45) is 3.93. The summed E-state index contributed by atoms with van der Waals surface area (Å²) in [5.41, 5.74) is -2.66. The van der Waals surface area contributed by atoms with Crippen LogP contribution in [0.5, 0.6) is 0 Å². The maximum Gasteiger partial charge on any atom is 0.331 e. The molecule has 4 aliphatic carbocycles. The number of cyclic esters (lactones) is 1. The third kappa shape index (κ3) is 4.15. The minimum absolute atomic E-state index is 0.0677. The molecule has 5 fully saturated rings. The van der Waals surface area contributed by atoms with Gasteiger partial charge in [0.05, 0.1) is 28.8 Å². The first-order valence-electron chi connectivity index (χ1n) is 15.3. The van der Waals surface area contributed by atoms with E-state index in [2.05, 4.69) is 6.92 Å². The van der Waals surface area contributed by atoms with Crippen LogP contribution in [0.2, 0.25) is 0 Å². The van der Waals surface area contributed by atoms with Crippen LogP contribution in [0.4, 0.5) is 0 Å². The van der Waals surface area contributed by atoms with E-state index in [9.17, 15) is 24.9 Å². The first-order chi connectivity index (χ1) is 19.5. The van der Waals surface area contributed by atoms with E-state index in [4.69, 9.17) is 23.7 Å². The van der Waals surface area contributed by atoms with Crippen LogP contribution in [0.1, 0.15) is 71.6 Å². The quantitative estimate of drug-likeness (QED) is 0.244. The van der Waals surface area contributed by atoms with Gasteiger partial charge in [0.15, 0.2) is 6.29 Å². The monoisotopic (exact) mass is 578 g/mol. The number of ether oxygens (including phenoxy) is 5. The van der Waals surface area contributed by atoms with E-state index in [1.165, 1.54) is 14.2 Å². The normalized spacial score (nSPS) is 53.1. The number of aliphatic hydroxyl groups is 3. The fraction of sp³-hybridized carbons (Fsp3) is 0.871. The predicted molar refractivity (Wildman–Crippen MR) is 144 cm³/mol. The van der Waals surface area contributed by atoms with E-state index >= 15 is 0 Å². The van der Waals surface area contributed by atoms with Gasteiger partial charge in [-0.25, -0.2) is 4.79 Å². The van der Waals surface area contributed by atoms with Crippen LogP contribution in [-0.2, 0) is 33.3 Å². The lowest BCUT2D eigenvalue weighted by atomic mass is 9.41. The molecule has 2 heterocycles. The molecule has 230 valence electrons. The number of carbonyl (C=O) groups excluding carboxylic acids is 2. The van der Waals surface area contributed by atoms with E-state index in [-0.39, 0.29) is 36.2 Å². The van der Waals surface area contributed by atoms with Crippen molar-refractivity contribution in [3.05, 3.63) is 11.6 Å². The highest BCUT2D eigenvalue weighted by Gasteiger charge is 2.71. The average Bonchev–Trinajstić information content (AvgIpc) is 3.49. The van der Waals surface area contributed by atoms with E-state index < -0.39 is 52.7 Å². The van der Waals surface area contributed by atoms with Crippen molar-refractivity contribution in [2.24, 2.45) is 28.6 Å². The number of carbonyl (C=O) groups is 2. The second-order valence-corrected chi connectivity index (χ2v) is 13.8.